The predicted molar refractivity (Wildman–Crippen MR) is 79.3 cm³/mol. The van der Waals surface area contributed by atoms with Crippen molar-refractivity contribution in [3.05, 3.63) is 0 Å². The number of ether oxygens (including phenoxy) is 2. The molecule has 1 aliphatic rings. The van der Waals surface area contributed by atoms with Crippen molar-refractivity contribution in [2.75, 3.05) is 13.2 Å². The highest BCUT2D eigenvalue weighted by Crippen LogP contribution is 2.12. The van der Waals surface area contributed by atoms with Crippen molar-refractivity contribution in [3.63, 3.8) is 0 Å². The van der Waals surface area contributed by atoms with Crippen LogP contribution in [0.3, 0.4) is 0 Å². The standard InChI is InChI=1S/C15H28O3.CH4/c1-2-3-4-5-6-7-8-9-10-11-15(16)18-13-14-12-17-14;/h14H,2-13H2,1H3;1H4. The van der Waals surface area contributed by atoms with Crippen molar-refractivity contribution in [2.45, 2.75) is 84.7 Å². The first kappa shape index (κ1) is 18.4. The van der Waals surface area contributed by atoms with Gasteiger partial charge >= 0.3 is 5.97 Å². The Morgan fingerprint density at radius 1 is 1.05 bits per heavy atom. The highest BCUT2D eigenvalue weighted by atomic mass is 16.6. The molecule has 0 radical (unpaired) electrons. The van der Waals surface area contributed by atoms with Crippen molar-refractivity contribution < 1.29 is 14.3 Å². The fraction of sp³-hybridized carbons (Fsp3) is 0.938. The van der Waals surface area contributed by atoms with E-state index in [0.717, 1.165) is 19.4 Å². The lowest BCUT2D eigenvalue weighted by Crippen LogP contribution is -2.09. The molecule has 0 bridgehead atoms. The SMILES string of the molecule is C.CCCCCCCCCCCC(=O)OCC1CO1. The van der Waals surface area contributed by atoms with Crippen LogP contribution in [0.1, 0.15) is 78.6 Å². The second-order valence-corrected chi connectivity index (χ2v) is 5.22. The first-order valence-corrected chi connectivity index (χ1v) is 7.60. The van der Waals surface area contributed by atoms with Gasteiger partial charge in [0, 0.05) is 6.42 Å². The minimum absolute atomic E-state index is 0. The molecule has 3 heteroatoms. The van der Waals surface area contributed by atoms with Crippen molar-refractivity contribution in [1.82, 2.24) is 0 Å². The summed E-state index contributed by atoms with van der Waals surface area (Å²) in [5.74, 6) is -0.0616. The van der Waals surface area contributed by atoms with E-state index >= 15 is 0 Å². The van der Waals surface area contributed by atoms with Gasteiger partial charge in [0.25, 0.3) is 0 Å². The molecule has 1 saturated heterocycles. The minimum atomic E-state index is -0.0616. The lowest BCUT2D eigenvalue weighted by atomic mass is 10.1. The van der Waals surface area contributed by atoms with Crippen molar-refractivity contribution in [2.24, 2.45) is 0 Å². The van der Waals surface area contributed by atoms with Gasteiger partial charge in [-0.1, -0.05) is 65.7 Å². The Balaban J connectivity index is 0.00000324. The Labute approximate surface area is 119 Å². The molecule has 0 aromatic rings. The van der Waals surface area contributed by atoms with Gasteiger partial charge in [0.2, 0.25) is 0 Å². The van der Waals surface area contributed by atoms with Gasteiger partial charge in [0.05, 0.1) is 6.61 Å². The zero-order valence-corrected chi connectivity index (χ0v) is 11.8. The van der Waals surface area contributed by atoms with E-state index in [1.54, 1.807) is 0 Å². The molecule has 114 valence electrons. The summed E-state index contributed by atoms with van der Waals surface area (Å²) < 4.78 is 10.1. The van der Waals surface area contributed by atoms with Crippen LogP contribution < -0.4 is 0 Å². The molecule has 0 aromatic heterocycles. The summed E-state index contributed by atoms with van der Waals surface area (Å²) in [5, 5.41) is 0. The Hall–Kier alpha value is -0.570. The van der Waals surface area contributed by atoms with E-state index in [0.29, 0.717) is 13.0 Å². The third-order valence-corrected chi connectivity index (χ3v) is 3.32. The van der Waals surface area contributed by atoms with Crippen molar-refractivity contribution in [3.8, 4) is 0 Å². The van der Waals surface area contributed by atoms with Gasteiger partial charge in [-0.2, -0.15) is 0 Å². The van der Waals surface area contributed by atoms with Crippen molar-refractivity contribution >= 4 is 5.97 Å². The van der Waals surface area contributed by atoms with E-state index in [2.05, 4.69) is 6.92 Å². The van der Waals surface area contributed by atoms with Crippen LogP contribution in [0.25, 0.3) is 0 Å². The van der Waals surface area contributed by atoms with Gasteiger partial charge < -0.3 is 9.47 Å². The molecule has 0 amide bonds. The van der Waals surface area contributed by atoms with E-state index in [1.165, 1.54) is 44.9 Å². The molecule has 0 aromatic carbocycles. The first-order valence-electron chi connectivity index (χ1n) is 7.60. The smallest absolute Gasteiger partial charge is 0.305 e. The van der Waals surface area contributed by atoms with Crippen molar-refractivity contribution in [1.29, 1.82) is 0 Å². The largest absolute Gasteiger partial charge is 0.463 e. The van der Waals surface area contributed by atoms with Gasteiger partial charge in [0.15, 0.2) is 0 Å². The predicted octanol–water partition coefficient (Wildman–Crippen LogP) is 4.49. The summed E-state index contributed by atoms with van der Waals surface area (Å²) in [5.41, 5.74) is 0. The van der Waals surface area contributed by atoms with Crippen LogP contribution in [0.5, 0.6) is 0 Å². The molecule has 3 nitrogen and oxygen atoms in total. The van der Waals surface area contributed by atoms with E-state index in [1.807, 2.05) is 0 Å². The van der Waals surface area contributed by atoms with E-state index in [-0.39, 0.29) is 19.5 Å². The second-order valence-electron chi connectivity index (χ2n) is 5.22. The average Bonchev–Trinajstić information content (AvgIpc) is 3.18. The molecule has 0 saturated carbocycles. The Morgan fingerprint density at radius 2 is 1.58 bits per heavy atom. The fourth-order valence-corrected chi connectivity index (χ4v) is 2.00. The summed E-state index contributed by atoms with van der Waals surface area (Å²) >= 11 is 0. The quantitative estimate of drug-likeness (QED) is 0.298. The second kappa shape index (κ2) is 12.5. The van der Waals surface area contributed by atoms with Gasteiger partial charge in [-0.05, 0) is 6.42 Å². The average molecular weight is 272 g/mol. The zero-order chi connectivity index (χ0) is 13.1. The van der Waals surface area contributed by atoms with Crippen LogP contribution in [-0.2, 0) is 14.3 Å². The number of unbranched alkanes of at least 4 members (excludes halogenated alkanes) is 8. The van der Waals surface area contributed by atoms with Crippen LogP contribution in [0, 0.1) is 0 Å². The number of esters is 1. The van der Waals surface area contributed by atoms with Gasteiger partial charge in [0.1, 0.15) is 12.7 Å². The fourth-order valence-electron chi connectivity index (χ4n) is 2.00. The molecule has 19 heavy (non-hydrogen) atoms. The Kier molecular flexibility index (Phi) is 12.1. The van der Waals surface area contributed by atoms with E-state index < -0.39 is 0 Å². The van der Waals surface area contributed by atoms with Crippen LogP contribution in [0.15, 0.2) is 0 Å². The zero-order valence-electron chi connectivity index (χ0n) is 11.8. The summed E-state index contributed by atoms with van der Waals surface area (Å²) in [6, 6.07) is 0. The maximum atomic E-state index is 11.3. The Morgan fingerprint density at radius 3 is 2.11 bits per heavy atom. The molecular weight excluding hydrogens is 240 g/mol. The maximum absolute atomic E-state index is 11.3. The van der Waals surface area contributed by atoms with Crippen LogP contribution >= 0.6 is 0 Å². The first-order chi connectivity index (χ1) is 8.83. The number of carbonyl (C=O) groups is 1. The molecule has 0 spiro atoms. The number of hydrogen-bond acceptors (Lipinski definition) is 3. The monoisotopic (exact) mass is 272 g/mol. The van der Waals surface area contributed by atoms with E-state index in [4.69, 9.17) is 9.47 Å². The van der Waals surface area contributed by atoms with Gasteiger partial charge in [-0.3, -0.25) is 4.79 Å². The summed E-state index contributed by atoms with van der Waals surface area (Å²) in [4.78, 5) is 11.3. The summed E-state index contributed by atoms with van der Waals surface area (Å²) in [7, 11) is 0. The molecule has 1 atom stereocenters. The normalized spacial score (nSPS) is 16.8. The topological polar surface area (TPSA) is 38.8 Å². The molecule has 1 rings (SSSR count). The lowest BCUT2D eigenvalue weighted by Gasteiger charge is -2.03. The molecular formula is C16H32O3. The van der Waals surface area contributed by atoms with Crippen LogP contribution in [-0.4, -0.2) is 25.3 Å². The number of hydrogen-bond donors (Lipinski definition) is 0. The third kappa shape index (κ3) is 12.2. The summed E-state index contributed by atoms with van der Waals surface area (Å²) in [6.45, 7) is 3.45. The number of carbonyl (C=O) groups excluding carboxylic acids is 1. The molecule has 0 aliphatic carbocycles. The Bertz CT molecular complexity index is 212. The maximum Gasteiger partial charge on any atom is 0.305 e. The highest BCUT2D eigenvalue weighted by molar-refractivity contribution is 5.69. The lowest BCUT2D eigenvalue weighted by molar-refractivity contribution is -0.144. The number of epoxide rings is 1. The molecule has 0 N–H and O–H groups in total. The van der Waals surface area contributed by atoms with Gasteiger partial charge in [-0.25, -0.2) is 0 Å². The van der Waals surface area contributed by atoms with E-state index in [9.17, 15) is 4.79 Å². The minimum Gasteiger partial charge on any atom is -0.463 e. The molecule has 1 fully saturated rings. The van der Waals surface area contributed by atoms with Gasteiger partial charge in [-0.15, -0.1) is 0 Å². The number of rotatable bonds is 12. The molecule has 1 unspecified atom stereocenters. The molecule has 1 heterocycles. The third-order valence-electron chi connectivity index (χ3n) is 3.32. The van der Waals surface area contributed by atoms with Crippen LogP contribution in [0.4, 0.5) is 0 Å². The summed E-state index contributed by atoms with van der Waals surface area (Å²) in [6.07, 6.45) is 12.2. The van der Waals surface area contributed by atoms with Crippen LogP contribution in [0.2, 0.25) is 0 Å². The molecule has 1 aliphatic heterocycles. The highest BCUT2D eigenvalue weighted by Gasteiger charge is 2.23.